The summed E-state index contributed by atoms with van der Waals surface area (Å²) in [6, 6.07) is 12.1. The maximum absolute atomic E-state index is 12.4. The second-order valence-electron chi connectivity index (χ2n) is 5.96. The molecule has 0 amide bonds. The van der Waals surface area contributed by atoms with Gasteiger partial charge in [-0.15, -0.1) is 0 Å². The molecule has 0 aliphatic carbocycles. The minimum absolute atomic E-state index is 0.141. The number of carbonyl (C=O) groups excluding carboxylic acids is 1. The molecule has 0 aliphatic rings. The first-order valence-electron chi connectivity index (χ1n) is 8.15. The number of nitrogens with zero attached hydrogens (tertiary/aromatic N) is 1. The van der Waals surface area contributed by atoms with E-state index < -0.39 is 10.0 Å². The molecule has 136 valence electrons. The molecule has 1 heterocycles. The third-order valence-corrected chi connectivity index (χ3v) is 5.97. The highest BCUT2D eigenvalue weighted by Gasteiger charge is 2.21. The summed E-state index contributed by atoms with van der Waals surface area (Å²) in [5.74, 6) is 0.658. The van der Waals surface area contributed by atoms with Gasteiger partial charge in [0, 0.05) is 36.1 Å². The van der Waals surface area contributed by atoms with E-state index in [4.69, 9.17) is 4.74 Å². The van der Waals surface area contributed by atoms with Gasteiger partial charge in [-0.1, -0.05) is 12.1 Å². The van der Waals surface area contributed by atoms with Crippen molar-refractivity contribution in [3.05, 3.63) is 48.0 Å². The number of fused-ring (bicyclic) bond motifs is 1. The second kappa shape index (κ2) is 6.93. The summed E-state index contributed by atoms with van der Waals surface area (Å²) in [7, 11) is -0.640. The average molecular weight is 372 g/mol. The normalized spacial score (nSPS) is 11.8. The van der Waals surface area contributed by atoms with E-state index in [0.717, 1.165) is 16.2 Å². The third-order valence-electron chi connectivity index (χ3n) is 4.16. The van der Waals surface area contributed by atoms with Gasteiger partial charge in [0.2, 0.25) is 10.0 Å². The number of aromatic nitrogens is 1. The molecule has 0 bridgehead atoms. The van der Waals surface area contributed by atoms with Crippen molar-refractivity contribution in [1.82, 2.24) is 9.29 Å². The molecule has 0 unspecified atom stereocenters. The van der Waals surface area contributed by atoms with E-state index in [1.165, 1.54) is 26.2 Å². The average Bonchev–Trinajstić information content (AvgIpc) is 2.99. The SMILES string of the molecule is CCOc1ccccc1-c1[nH]c2ccc(S(=O)(=O)N(C)C)cc2c1C=O. The largest absolute Gasteiger partial charge is 0.493 e. The van der Waals surface area contributed by atoms with E-state index in [9.17, 15) is 13.2 Å². The molecule has 7 heteroatoms. The van der Waals surface area contributed by atoms with Crippen molar-refractivity contribution >= 4 is 27.2 Å². The van der Waals surface area contributed by atoms with Crippen LogP contribution in [0, 0.1) is 0 Å². The predicted octanol–water partition coefficient (Wildman–Crippen LogP) is 3.30. The monoisotopic (exact) mass is 372 g/mol. The molecule has 6 nitrogen and oxygen atoms in total. The lowest BCUT2D eigenvalue weighted by Crippen LogP contribution is -2.22. The molecule has 1 aromatic heterocycles. The first kappa shape index (κ1) is 18.2. The maximum atomic E-state index is 12.4. The highest BCUT2D eigenvalue weighted by atomic mass is 32.2. The predicted molar refractivity (Wildman–Crippen MR) is 101 cm³/mol. The lowest BCUT2D eigenvalue weighted by Gasteiger charge is -2.11. The molecule has 3 aromatic rings. The van der Waals surface area contributed by atoms with Gasteiger partial charge < -0.3 is 9.72 Å². The van der Waals surface area contributed by atoms with Gasteiger partial charge in [0.1, 0.15) is 5.75 Å². The molecule has 3 rings (SSSR count). The number of aromatic amines is 1. The van der Waals surface area contributed by atoms with Crippen molar-refractivity contribution in [2.75, 3.05) is 20.7 Å². The fraction of sp³-hybridized carbons (Fsp3) is 0.211. The van der Waals surface area contributed by atoms with E-state index in [2.05, 4.69) is 4.98 Å². The van der Waals surface area contributed by atoms with Gasteiger partial charge in [0.15, 0.2) is 6.29 Å². The van der Waals surface area contributed by atoms with Crippen LogP contribution in [-0.2, 0) is 10.0 Å². The number of H-pyrrole nitrogens is 1. The van der Waals surface area contributed by atoms with Gasteiger partial charge in [0.05, 0.1) is 17.2 Å². The van der Waals surface area contributed by atoms with Crippen LogP contribution >= 0.6 is 0 Å². The number of rotatable bonds is 6. The molecule has 1 N–H and O–H groups in total. The minimum Gasteiger partial charge on any atom is -0.493 e. The zero-order valence-electron chi connectivity index (χ0n) is 14.8. The summed E-state index contributed by atoms with van der Waals surface area (Å²) in [5, 5.41) is 0.559. The van der Waals surface area contributed by atoms with Crippen molar-refractivity contribution in [3.63, 3.8) is 0 Å². The zero-order valence-corrected chi connectivity index (χ0v) is 15.6. The van der Waals surface area contributed by atoms with Gasteiger partial charge in [-0.3, -0.25) is 4.79 Å². The molecule has 0 atom stereocenters. The lowest BCUT2D eigenvalue weighted by atomic mass is 10.1. The summed E-state index contributed by atoms with van der Waals surface area (Å²) in [6.07, 6.45) is 0.739. The van der Waals surface area contributed by atoms with E-state index in [-0.39, 0.29) is 4.90 Å². The molecule has 0 saturated carbocycles. The smallest absolute Gasteiger partial charge is 0.242 e. The van der Waals surface area contributed by atoms with Crippen molar-refractivity contribution in [3.8, 4) is 17.0 Å². The fourth-order valence-corrected chi connectivity index (χ4v) is 3.78. The van der Waals surface area contributed by atoms with Gasteiger partial charge in [0.25, 0.3) is 0 Å². The van der Waals surface area contributed by atoms with Gasteiger partial charge in [-0.05, 0) is 37.3 Å². The molecule has 26 heavy (non-hydrogen) atoms. The van der Waals surface area contributed by atoms with Crippen LogP contribution in [0.25, 0.3) is 22.2 Å². The standard InChI is InChI=1S/C19H20N2O4S/c1-4-25-18-8-6-5-7-14(18)19-16(12-22)15-11-13(9-10-17(15)20-19)26(23,24)21(2)3/h5-12,20H,4H2,1-3H3. The Labute approximate surface area is 152 Å². The highest BCUT2D eigenvalue weighted by molar-refractivity contribution is 7.89. The van der Waals surface area contributed by atoms with E-state index >= 15 is 0 Å². The first-order valence-corrected chi connectivity index (χ1v) is 9.59. The van der Waals surface area contributed by atoms with Gasteiger partial charge >= 0.3 is 0 Å². The highest BCUT2D eigenvalue weighted by Crippen LogP contribution is 2.35. The third kappa shape index (κ3) is 3.00. The molecule has 0 radical (unpaired) electrons. The Bertz CT molecular complexity index is 1070. The van der Waals surface area contributed by atoms with Crippen LogP contribution in [-0.4, -0.2) is 44.7 Å². The van der Waals surface area contributed by atoms with Crippen LogP contribution in [0.1, 0.15) is 17.3 Å². The minimum atomic E-state index is -3.59. The van der Waals surface area contributed by atoms with Crippen LogP contribution < -0.4 is 4.74 Å². The Morgan fingerprint density at radius 2 is 1.88 bits per heavy atom. The Morgan fingerprint density at radius 3 is 2.54 bits per heavy atom. The fourth-order valence-electron chi connectivity index (χ4n) is 2.85. The number of hydrogen-bond donors (Lipinski definition) is 1. The van der Waals surface area contributed by atoms with Crippen molar-refractivity contribution in [2.45, 2.75) is 11.8 Å². The lowest BCUT2D eigenvalue weighted by molar-refractivity contribution is 0.112. The Kier molecular flexibility index (Phi) is 4.84. The Morgan fingerprint density at radius 1 is 1.15 bits per heavy atom. The summed E-state index contributed by atoms with van der Waals surface area (Å²) in [4.78, 5) is 15.2. The van der Waals surface area contributed by atoms with Crippen molar-refractivity contribution in [2.24, 2.45) is 0 Å². The number of nitrogens with one attached hydrogen (secondary N) is 1. The number of aldehydes is 1. The van der Waals surface area contributed by atoms with Crippen LogP contribution in [0.3, 0.4) is 0 Å². The van der Waals surface area contributed by atoms with Crippen molar-refractivity contribution in [1.29, 1.82) is 0 Å². The van der Waals surface area contributed by atoms with E-state index in [1.54, 1.807) is 6.07 Å². The Hall–Kier alpha value is -2.64. The maximum Gasteiger partial charge on any atom is 0.242 e. The summed E-state index contributed by atoms with van der Waals surface area (Å²) in [6.45, 7) is 2.39. The van der Waals surface area contributed by atoms with Crippen LogP contribution in [0.4, 0.5) is 0 Å². The molecule has 0 spiro atoms. The topological polar surface area (TPSA) is 79.5 Å². The number of sulfonamides is 1. The molecule has 0 saturated heterocycles. The van der Waals surface area contributed by atoms with E-state index in [0.29, 0.717) is 34.5 Å². The number of carbonyl (C=O) groups is 1. The van der Waals surface area contributed by atoms with Crippen LogP contribution in [0.2, 0.25) is 0 Å². The molecular weight excluding hydrogens is 352 g/mol. The number of benzene rings is 2. The van der Waals surface area contributed by atoms with E-state index in [1.807, 2.05) is 31.2 Å². The summed E-state index contributed by atoms with van der Waals surface area (Å²) < 4.78 is 31.6. The van der Waals surface area contributed by atoms with Gasteiger partial charge in [-0.25, -0.2) is 12.7 Å². The zero-order chi connectivity index (χ0) is 18.9. The first-order chi connectivity index (χ1) is 12.4. The molecule has 0 aliphatic heterocycles. The number of para-hydroxylation sites is 1. The van der Waals surface area contributed by atoms with Crippen LogP contribution in [0.15, 0.2) is 47.4 Å². The van der Waals surface area contributed by atoms with Crippen LogP contribution in [0.5, 0.6) is 5.75 Å². The number of ether oxygens (including phenoxy) is 1. The summed E-state index contributed by atoms with van der Waals surface area (Å²) in [5.41, 5.74) is 2.46. The molecule has 2 aromatic carbocycles. The quantitative estimate of drug-likeness (QED) is 0.674. The summed E-state index contributed by atoms with van der Waals surface area (Å²) >= 11 is 0. The number of hydrogen-bond acceptors (Lipinski definition) is 4. The Balaban J connectivity index is 2.26. The second-order valence-corrected chi connectivity index (χ2v) is 8.11. The molecule has 0 fully saturated rings. The molecular formula is C19H20N2O4S. The van der Waals surface area contributed by atoms with Crippen molar-refractivity contribution < 1.29 is 17.9 Å². The van der Waals surface area contributed by atoms with Gasteiger partial charge in [-0.2, -0.15) is 0 Å².